The molecule has 1 fully saturated rings. The van der Waals surface area contributed by atoms with E-state index in [2.05, 4.69) is 37.8 Å². The number of piperidine rings is 1. The largest absolute Gasteiger partial charge is 0.418 e. The van der Waals surface area contributed by atoms with Gasteiger partial charge in [0.2, 0.25) is 5.89 Å². The predicted molar refractivity (Wildman–Crippen MR) is 88.1 cm³/mol. The molecule has 0 N–H and O–H groups in total. The zero-order chi connectivity index (χ0) is 15.6. The van der Waals surface area contributed by atoms with E-state index in [4.69, 9.17) is 4.42 Å². The molecule has 120 valence electrons. The van der Waals surface area contributed by atoms with Crippen LogP contribution in [-0.4, -0.2) is 37.7 Å². The average Bonchev–Trinajstić information content (AvgIpc) is 3.36. The summed E-state index contributed by atoms with van der Waals surface area (Å²) in [4.78, 5) is 7.58. The molecule has 0 unspecified atom stereocenters. The van der Waals surface area contributed by atoms with Crippen LogP contribution < -0.4 is 0 Å². The Morgan fingerprint density at radius 1 is 1.30 bits per heavy atom. The maximum Gasteiger partial charge on any atom is 0.257 e. The van der Waals surface area contributed by atoms with Crippen molar-refractivity contribution < 1.29 is 4.42 Å². The minimum absolute atomic E-state index is 0.153. The third-order valence-electron chi connectivity index (χ3n) is 4.52. The van der Waals surface area contributed by atoms with E-state index in [9.17, 15) is 0 Å². The molecule has 0 aliphatic carbocycles. The van der Waals surface area contributed by atoms with Crippen LogP contribution in [0.15, 0.2) is 40.7 Å². The predicted octanol–water partition coefficient (Wildman–Crippen LogP) is 3.39. The second-order valence-electron chi connectivity index (χ2n) is 5.88. The van der Waals surface area contributed by atoms with Crippen molar-refractivity contribution in [1.82, 2.24) is 24.6 Å². The molecule has 4 heterocycles. The van der Waals surface area contributed by atoms with E-state index in [0.717, 1.165) is 30.8 Å². The Morgan fingerprint density at radius 2 is 2.17 bits per heavy atom. The summed E-state index contributed by atoms with van der Waals surface area (Å²) in [5, 5.41) is 10.5. The molecule has 0 bridgehead atoms. The van der Waals surface area contributed by atoms with Gasteiger partial charge >= 0.3 is 0 Å². The van der Waals surface area contributed by atoms with Crippen molar-refractivity contribution in [3.63, 3.8) is 0 Å². The molecule has 3 aromatic rings. The Balaban J connectivity index is 1.41. The van der Waals surface area contributed by atoms with E-state index in [1.165, 1.54) is 0 Å². The van der Waals surface area contributed by atoms with E-state index in [1.54, 1.807) is 11.3 Å². The maximum absolute atomic E-state index is 5.87. The first kappa shape index (κ1) is 14.6. The first-order chi connectivity index (χ1) is 11.3. The van der Waals surface area contributed by atoms with Crippen LogP contribution >= 0.6 is 11.3 Å². The Labute approximate surface area is 138 Å². The maximum atomic E-state index is 5.87. The molecule has 1 saturated heterocycles. The molecule has 3 aromatic heterocycles. The number of likely N-dealkylation sites (tertiary alicyclic amines) is 1. The summed E-state index contributed by atoms with van der Waals surface area (Å²) in [5.74, 6) is 1.32. The molecule has 1 aliphatic rings. The zero-order valence-electron chi connectivity index (χ0n) is 13.0. The van der Waals surface area contributed by atoms with Crippen LogP contribution in [0, 0.1) is 0 Å². The van der Waals surface area contributed by atoms with E-state index >= 15 is 0 Å². The Hall–Kier alpha value is -1.99. The molecule has 23 heavy (non-hydrogen) atoms. The average molecular weight is 329 g/mol. The fourth-order valence-corrected chi connectivity index (χ4v) is 3.76. The Kier molecular flexibility index (Phi) is 3.97. The summed E-state index contributed by atoms with van der Waals surface area (Å²) < 4.78 is 8.09. The number of hydrogen-bond acceptors (Lipinski definition) is 6. The van der Waals surface area contributed by atoms with Crippen molar-refractivity contribution in [2.24, 2.45) is 0 Å². The van der Waals surface area contributed by atoms with E-state index in [0.29, 0.717) is 17.8 Å². The number of imidazole rings is 1. The van der Waals surface area contributed by atoms with E-state index in [1.807, 2.05) is 30.0 Å². The lowest BCUT2D eigenvalue weighted by molar-refractivity contribution is 0.127. The van der Waals surface area contributed by atoms with Crippen molar-refractivity contribution in [2.45, 2.75) is 31.8 Å². The quantitative estimate of drug-likeness (QED) is 0.734. The molecule has 6 nitrogen and oxygen atoms in total. The Bertz CT molecular complexity index is 728. The summed E-state index contributed by atoms with van der Waals surface area (Å²) in [6, 6.07) is 4.70. The van der Waals surface area contributed by atoms with Crippen LogP contribution in [0.1, 0.15) is 37.7 Å². The number of aromatic nitrogens is 4. The third kappa shape index (κ3) is 2.94. The van der Waals surface area contributed by atoms with Gasteiger partial charge in [0, 0.05) is 31.5 Å². The minimum Gasteiger partial charge on any atom is -0.418 e. The highest BCUT2D eigenvalue weighted by molar-refractivity contribution is 7.13. The van der Waals surface area contributed by atoms with E-state index in [-0.39, 0.29) is 6.04 Å². The second-order valence-corrected chi connectivity index (χ2v) is 6.82. The first-order valence-corrected chi connectivity index (χ1v) is 8.78. The number of rotatable bonds is 4. The van der Waals surface area contributed by atoms with Gasteiger partial charge in [-0.3, -0.25) is 4.90 Å². The van der Waals surface area contributed by atoms with Gasteiger partial charge in [-0.25, -0.2) is 4.98 Å². The first-order valence-electron chi connectivity index (χ1n) is 7.90. The fourth-order valence-electron chi connectivity index (χ4n) is 3.12. The zero-order valence-corrected chi connectivity index (χ0v) is 13.8. The highest BCUT2D eigenvalue weighted by Gasteiger charge is 2.27. The molecule has 1 atom stereocenters. The Morgan fingerprint density at radius 3 is 2.87 bits per heavy atom. The molecule has 7 heteroatoms. The molecule has 1 aliphatic heterocycles. The van der Waals surface area contributed by atoms with Crippen LogP contribution in [0.5, 0.6) is 0 Å². The van der Waals surface area contributed by atoms with Gasteiger partial charge < -0.3 is 8.98 Å². The van der Waals surface area contributed by atoms with Gasteiger partial charge in [0.15, 0.2) is 0 Å². The number of hydrogen-bond donors (Lipinski definition) is 0. The summed E-state index contributed by atoms with van der Waals surface area (Å²) in [6.07, 6.45) is 8.04. The summed E-state index contributed by atoms with van der Waals surface area (Å²) >= 11 is 1.62. The second kappa shape index (κ2) is 6.25. The van der Waals surface area contributed by atoms with Crippen LogP contribution in [0.2, 0.25) is 0 Å². The SMILES string of the molecule is C[C@H](c1nnc(-c2cccs2)o1)N1CCC(n2ccnc2)CC1. The monoisotopic (exact) mass is 329 g/mol. The van der Waals surface area contributed by atoms with Gasteiger partial charge in [0.05, 0.1) is 17.2 Å². The molecular formula is C16H19N5OS. The fraction of sp³-hybridized carbons (Fsp3) is 0.438. The standard InChI is InChI=1S/C16H19N5OS/c1-12(15-18-19-16(22-15)14-3-2-10-23-14)20-7-4-13(5-8-20)21-9-6-17-11-21/h2-3,6,9-13H,4-5,7-8H2,1H3/t12-/m1/s1. The van der Waals surface area contributed by atoms with Gasteiger partial charge in [-0.05, 0) is 31.2 Å². The van der Waals surface area contributed by atoms with Gasteiger partial charge in [-0.15, -0.1) is 21.5 Å². The number of nitrogens with zero attached hydrogens (tertiary/aromatic N) is 5. The van der Waals surface area contributed by atoms with Gasteiger partial charge in [-0.1, -0.05) is 6.07 Å². The lowest BCUT2D eigenvalue weighted by atomic mass is 10.0. The van der Waals surface area contributed by atoms with E-state index < -0.39 is 0 Å². The highest BCUT2D eigenvalue weighted by Crippen LogP contribution is 2.30. The van der Waals surface area contributed by atoms with Crippen LogP contribution in [0.4, 0.5) is 0 Å². The molecular weight excluding hydrogens is 310 g/mol. The smallest absolute Gasteiger partial charge is 0.257 e. The van der Waals surface area contributed by atoms with Crippen molar-refractivity contribution >= 4 is 11.3 Å². The highest BCUT2D eigenvalue weighted by atomic mass is 32.1. The summed E-state index contributed by atoms with van der Waals surface area (Å²) in [6.45, 7) is 4.20. The summed E-state index contributed by atoms with van der Waals surface area (Å²) in [5.41, 5.74) is 0. The molecule has 0 aromatic carbocycles. The summed E-state index contributed by atoms with van der Waals surface area (Å²) in [7, 11) is 0. The van der Waals surface area contributed by atoms with Crippen molar-refractivity contribution in [3.8, 4) is 10.8 Å². The van der Waals surface area contributed by atoms with Gasteiger partial charge in [0.1, 0.15) is 0 Å². The molecule has 0 amide bonds. The molecule has 0 saturated carbocycles. The normalized spacial score (nSPS) is 18.3. The van der Waals surface area contributed by atoms with Crippen molar-refractivity contribution in [1.29, 1.82) is 0 Å². The van der Waals surface area contributed by atoms with Crippen LogP contribution in [0.3, 0.4) is 0 Å². The molecule has 0 radical (unpaired) electrons. The van der Waals surface area contributed by atoms with Crippen LogP contribution in [-0.2, 0) is 0 Å². The lowest BCUT2D eigenvalue weighted by Crippen LogP contribution is -2.36. The van der Waals surface area contributed by atoms with Crippen molar-refractivity contribution in [3.05, 3.63) is 42.1 Å². The molecule has 0 spiro atoms. The van der Waals surface area contributed by atoms with Gasteiger partial charge in [-0.2, -0.15) is 0 Å². The van der Waals surface area contributed by atoms with Gasteiger partial charge in [0.25, 0.3) is 5.89 Å². The minimum atomic E-state index is 0.153. The lowest BCUT2D eigenvalue weighted by Gasteiger charge is -2.34. The topological polar surface area (TPSA) is 60.0 Å². The van der Waals surface area contributed by atoms with Crippen molar-refractivity contribution in [2.75, 3.05) is 13.1 Å². The molecule has 4 rings (SSSR count). The number of thiophene rings is 1. The van der Waals surface area contributed by atoms with Crippen LogP contribution in [0.25, 0.3) is 10.8 Å². The third-order valence-corrected chi connectivity index (χ3v) is 5.38.